The zero-order chi connectivity index (χ0) is 62.6. The number of unbranched alkanes of at least 4 members (excludes halogenated alkanes) is 2. The molecule has 25 nitrogen and oxygen atoms in total. The van der Waals surface area contributed by atoms with Crippen molar-refractivity contribution in [3.63, 3.8) is 0 Å². The standard InChI is InChI=1S/C60H83N13O12/c1-82-51-19-15-35(27-39(51)55(64)78)32-48(75)44(12-5-7-23-61)71-57(80)41-30-38(18-22-53(41)84-3)34-50(77)46(14-10-26-70-60(67)68)73-58(81)42-29-37(17-21-54(42)85-4)33-49(76)45(13-6-8-24-62)72-56(79)40-28-36(16-20-52(40)83-2)31-47(74)43(63)11-9-25-69-59(65)66/h15-22,27-30,43-46H,5-14,23-26,31-34,61-63H2,1-4H3,(H2,64,78)(H,71,80)(H,72,79)(H,73,81)(H4,65,66,69)(H4,67,68,70)/t43-,44-,45-,46-/m1/s1. The Hall–Kier alpha value is -8.94. The first-order chi connectivity index (χ1) is 40.7. The van der Waals surface area contributed by atoms with E-state index >= 15 is 0 Å². The fourth-order valence-electron chi connectivity index (χ4n) is 9.31. The number of hydrogen-bond acceptors (Lipinski definition) is 17. The molecule has 4 atom stereocenters. The summed E-state index contributed by atoms with van der Waals surface area (Å²) >= 11 is 0. The lowest BCUT2D eigenvalue weighted by molar-refractivity contribution is -0.121. The molecule has 0 radical (unpaired) electrons. The Bertz CT molecular complexity index is 3030. The van der Waals surface area contributed by atoms with Crippen molar-refractivity contribution in [1.29, 1.82) is 0 Å². The number of Topliss-reactive ketones (excluding diaryl/α,β-unsaturated/α-hetero) is 4. The normalized spacial score (nSPS) is 12.3. The third-order valence-electron chi connectivity index (χ3n) is 13.9. The summed E-state index contributed by atoms with van der Waals surface area (Å²) in [6.45, 7) is 1.15. The van der Waals surface area contributed by atoms with Crippen molar-refractivity contribution in [3.05, 3.63) is 117 Å². The van der Waals surface area contributed by atoms with Crippen molar-refractivity contribution in [2.75, 3.05) is 54.6 Å². The molecule has 4 aromatic rings. The fraction of sp³-hybridized carbons (Fsp3) is 0.433. The van der Waals surface area contributed by atoms with Crippen molar-refractivity contribution in [1.82, 2.24) is 16.0 Å². The van der Waals surface area contributed by atoms with Gasteiger partial charge in [-0.3, -0.25) is 48.3 Å². The predicted molar refractivity (Wildman–Crippen MR) is 323 cm³/mol. The van der Waals surface area contributed by atoms with Crippen LogP contribution in [0.4, 0.5) is 0 Å². The number of guanidine groups is 2. The van der Waals surface area contributed by atoms with Crippen LogP contribution in [0, 0.1) is 0 Å². The van der Waals surface area contributed by atoms with E-state index in [1.54, 1.807) is 30.3 Å². The smallest absolute Gasteiger partial charge is 0.255 e. The van der Waals surface area contributed by atoms with Gasteiger partial charge in [0.15, 0.2) is 35.1 Å². The molecule has 19 N–H and O–H groups in total. The van der Waals surface area contributed by atoms with E-state index in [0.717, 1.165) is 0 Å². The van der Waals surface area contributed by atoms with Gasteiger partial charge in [0.25, 0.3) is 23.6 Å². The minimum Gasteiger partial charge on any atom is -0.496 e. The summed E-state index contributed by atoms with van der Waals surface area (Å²) in [5.74, 6) is -3.66. The maximum Gasteiger partial charge on any atom is 0.255 e. The number of benzene rings is 4. The van der Waals surface area contributed by atoms with Crippen molar-refractivity contribution in [2.45, 2.75) is 114 Å². The second kappa shape index (κ2) is 35.3. The number of nitrogens with two attached hydrogens (primary N) is 8. The summed E-state index contributed by atoms with van der Waals surface area (Å²) in [5, 5.41) is 8.53. The van der Waals surface area contributed by atoms with Crippen LogP contribution in [0.25, 0.3) is 0 Å². The number of carbonyl (C=O) groups excluding carboxylic acids is 8. The van der Waals surface area contributed by atoms with Gasteiger partial charge in [0, 0.05) is 38.8 Å². The third kappa shape index (κ3) is 22.0. The highest BCUT2D eigenvalue weighted by Gasteiger charge is 2.29. The number of ether oxygens (including phenoxy) is 4. The van der Waals surface area contributed by atoms with Crippen LogP contribution < -0.4 is 80.8 Å². The number of ketones is 4. The zero-order valence-electron chi connectivity index (χ0n) is 48.9. The molecule has 4 amide bonds. The van der Waals surface area contributed by atoms with Gasteiger partial charge < -0.3 is 80.8 Å². The lowest BCUT2D eigenvalue weighted by atomic mass is 9.96. The quantitative estimate of drug-likeness (QED) is 0.0171. The molecule has 460 valence electrons. The molecule has 0 aliphatic heterocycles. The van der Waals surface area contributed by atoms with E-state index in [4.69, 9.17) is 64.8 Å². The van der Waals surface area contributed by atoms with E-state index in [-0.39, 0.29) is 132 Å². The Morgan fingerprint density at radius 2 is 0.706 bits per heavy atom. The summed E-state index contributed by atoms with van der Waals surface area (Å²) in [6.07, 6.45) is 3.08. The molecular formula is C60H83N13O12. The van der Waals surface area contributed by atoms with Gasteiger partial charge >= 0.3 is 0 Å². The molecule has 25 heteroatoms. The average molecular weight is 1180 g/mol. The molecule has 0 spiro atoms. The number of primary amides is 1. The first kappa shape index (κ1) is 68.6. The maximum atomic E-state index is 14.4. The van der Waals surface area contributed by atoms with Crippen LogP contribution in [0.5, 0.6) is 23.0 Å². The molecule has 0 unspecified atom stereocenters. The van der Waals surface area contributed by atoms with Crippen molar-refractivity contribution in [3.8, 4) is 23.0 Å². The summed E-state index contributed by atoms with van der Waals surface area (Å²) in [4.78, 5) is 118. The van der Waals surface area contributed by atoms with E-state index < -0.39 is 53.6 Å². The van der Waals surface area contributed by atoms with Crippen LogP contribution in [0.2, 0.25) is 0 Å². The Morgan fingerprint density at radius 1 is 0.412 bits per heavy atom. The summed E-state index contributed by atoms with van der Waals surface area (Å²) in [6, 6.07) is 14.6. The molecule has 0 fully saturated rings. The Kier molecular flexibility index (Phi) is 28.4. The molecule has 0 aliphatic rings. The molecule has 0 heterocycles. The van der Waals surface area contributed by atoms with Gasteiger partial charge in [-0.05, 0) is 148 Å². The number of nitrogens with one attached hydrogen (secondary N) is 3. The molecule has 0 aliphatic carbocycles. The van der Waals surface area contributed by atoms with Crippen LogP contribution in [0.1, 0.15) is 128 Å². The number of aliphatic imine (C=N–C) groups is 2. The Balaban J connectivity index is 1.57. The number of nitrogens with zero attached hydrogens (tertiary/aromatic N) is 2. The Morgan fingerprint density at radius 3 is 1.01 bits per heavy atom. The minimum absolute atomic E-state index is 0.00221. The Labute approximate surface area is 495 Å². The molecule has 85 heavy (non-hydrogen) atoms. The van der Waals surface area contributed by atoms with Crippen molar-refractivity contribution >= 4 is 58.7 Å². The molecule has 0 saturated carbocycles. The first-order valence-electron chi connectivity index (χ1n) is 27.9. The lowest BCUT2D eigenvalue weighted by Gasteiger charge is -2.21. The summed E-state index contributed by atoms with van der Waals surface area (Å²) < 4.78 is 21.9. The summed E-state index contributed by atoms with van der Waals surface area (Å²) in [7, 11) is 5.51. The summed E-state index contributed by atoms with van der Waals surface area (Å²) in [5.41, 5.74) is 47.2. The van der Waals surface area contributed by atoms with Gasteiger partial charge in [-0.25, -0.2) is 0 Å². The second-order valence-electron chi connectivity index (χ2n) is 20.2. The lowest BCUT2D eigenvalue weighted by Crippen LogP contribution is -2.42. The van der Waals surface area contributed by atoms with Crippen molar-refractivity contribution in [2.24, 2.45) is 55.9 Å². The van der Waals surface area contributed by atoms with Crippen LogP contribution in [0.3, 0.4) is 0 Å². The van der Waals surface area contributed by atoms with Gasteiger partial charge in [-0.15, -0.1) is 0 Å². The van der Waals surface area contributed by atoms with Gasteiger partial charge in [0.2, 0.25) is 0 Å². The molecule has 0 saturated heterocycles. The van der Waals surface area contributed by atoms with Crippen LogP contribution in [-0.4, -0.2) is 137 Å². The van der Waals surface area contributed by atoms with E-state index in [1.165, 1.54) is 70.9 Å². The van der Waals surface area contributed by atoms with E-state index in [9.17, 15) is 38.4 Å². The van der Waals surface area contributed by atoms with E-state index in [0.29, 0.717) is 80.4 Å². The van der Waals surface area contributed by atoms with E-state index in [1.807, 2.05) is 0 Å². The monoisotopic (exact) mass is 1180 g/mol. The minimum atomic E-state index is -1.14. The number of rotatable bonds is 39. The van der Waals surface area contributed by atoms with E-state index in [2.05, 4.69) is 25.9 Å². The van der Waals surface area contributed by atoms with Crippen molar-refractivity contribution < 1.29 is 57.3 Å². The van der Waals surface area contributed by atoms with Crippen LogP contribution in [0.15, 0.2) is 82.8 Å². The maximum absolute atomic E-state index is 14.4. The first-order valence-corrected chi connectivity index (χ1v) is 27.9. The number of methoxy groups -OCH3 is 4. The van der Waals surface area contributed by atoms with Gasteiger partial charge in [0.05, 0.1) is 74.9 Å². The van der Waals surface area contributed by atoms with Crippen LogP contribution >= 0.6 is 0 Å². The highest BCUT2D eigenvalue weighted by Crippen LogP contribution is 2.26. The predicted octanol–water partition coefficient (Wildman–Crippen LogP) is 1.35. The third-order valence-corrected chi connectivity index (χ3v) is 13.9. The number of carbonyl (C=O) groups is 8. The molecule has 4 aromatic carbocycles. The molecular weight excluding hydrogens is 1090 g/mol. The van der Waals surface area contributed by atoms with Gasteiger partial charge in [-0.2, -0.15) is 0 Å². The average Bonchev–Trinajstić information content (AvgIpc) is 3.66. The fourth-order valence-corrected chi connectivity index (χ4v) is 9.31. The molecule has 4 rings (SSSR count). The highest BCUT2D eigenvalue weighted by atomic mass is 16.5. The number of hydrogen-bond donors (Lipinski definition) is 11. The van der Waals surface area contributed by atoms with Crippen LogP contribution in [-0.2, 0) is 44.9 Å². The topological polar surface area (TPSA) is 442 Å². The zero-order valence-corrected chi connectivity index (χ0v) is 48.9. The second-order valence-corrected chi connectivity index (χ2v) is 20.2. The SMILES string of the molecule is COc1ccc(CC(=O)[C@@H](CCCCN)NC(=O)c2cc(CC(=O)[C@@H](CCCN=C(N)N)NC(=O)c3cc(CC(=O)[C@@H](CCCCN)NC(=O)c4cc(CC(=O)[C@H](N)CCCN=C(N)N)ccc4OC)ccc3OC)ccc2OC)cc1C(N)=O. The number of amides is 4. The van der Waals surface area contributed by atoms with Gasteiger partial charge in [0.1, 0.15) is 23.0 Å². The molecule has 0 aromatic heterocycles. The van der Waals surface area contributed by atoms with Gasteiger partial charge in [-0.1, -0.05) is 24.3 Å². The molecule has 0 bridgehead atoms. The highest BCUT2D eigenvalue weighted by molar-refractivity contribution is 6.03. The largest absolute Gasteiger partial charge is 0.496 e.